The van der Waals surface area contributed by atoms with Crippen LogP contribution in [0.2, 0.25) is 0 Å². The number of sulfonamides is 1. The fraction of sp³-hybridized carbons (Fsp3) is 0.316. The zero-order chi connectivity index (χ0) is 19.5. The second-order valence-electron chi connectivity index (χ2n) is 6.23. The van der Waals surface area contributed by atoms with Crippen LogP contribution in [0, 0.1) is 20.8 Å². The number of aryl methyl sites for hydroxylation is 3. The van der Waals surface area contributed by atoms with Gasteiger partial charge in [-0.1, -0.05) is 18.2 Å². The Balaban J connectivity index is 2.16. The number of ether oxygens (including phenoxy) is 1. The molecule has 1 amide bonds. The van der Waals surface area contributed by atoms with Crippen LogP contribution in [0.25, 0.3) is 0 Å². The number of para-hydroxylation sites is 1. The molecule has 0 aliphatic heterocycles. The highest BCUT2D eigenvalue weighted by atomic mass is 32.2. The highest BCUT2D eigenvalue weighted by Gasteiger charge is 2.23. The summed E-state index contributed by atoms with van der Waals surface area (Å²) < 4.78 is 32.7. The van der Waals surface area contributed by atoms with Gasteiger partial charge in [-0.25, -0.2) is 8.42 Å². The minimum Gasteiger partial charge on any atom is -0.496 e. The fourth-order valence-electron chi connectivity index (χ4n) is 2.62. The molecule has 6 nitrogen and oxygen atoms in total. The van der Waals surface area contributed by atoms with E-state index in [4.69, 9.17) is 4.74 Å². The third-order valence-corrected chi connectivity index (χ3v) is 5.67. The molecule has 2 aromatic carbocycles. The molecule has 2 aromatic rings. The highest BCUT2D eigenvalue weighted by Crippen LogP contribution is 2.22. The molecule has 26 heavy (non-hydrogen) atoms. The van der Waals surface area contributed by atoms with E-state index >= 15 is 0 Å². The second kappa shape index (κ2) is 7.88. The van der Waals surface area contributed by atoms with Gasteiger partial charge in [0.25, 0.3) is 0 Å². The Bertz CT molecular complexity index is 903. The molecule has 0 fully saturated rings. The monoisotopic (exact) mass is 376 g/mol. The Kier molecular flexibility index (Phi) is 6.05. The van der Waals surface area contributed by atoms with E-state index in [-0.39, 0.29) is 4.90 Å². The normalized spacial score (nSPS) is 12.5. The number of rotatable bonds is 6. The average molecular weight is 376 g/mol. The summed E-state index contributed by atoms with van der Waals surface area (Å²) in [5.41, 5.74) is 3.23. The molecule has 0 saturated heterocycles. The van der Waals surface area contributed by atoms with Crippen molar-refractivity contribution in [2.24, 2.45) is 0 Å². The predicted molar refractivity (Wildman–Crippen MR) is 102 cm³/mol. The van der Waals surface area contributed by atoms with Crippen molar-refractivity contribution in [2.75, 3.05) is 12.4 Å². The number of anilines is 1. The Labute approximate surface area is 154 Å². The zero-order valence-corrected chi connectivity index (χ0v) is 16.4. The summed E-state index contributed by atoms with van der Waals surface area (Å²) in [4.78, 5) is 12.5. The van der Waals surface area contributed by atoms with Gasteiger partial charge in [0.05, 0.1) is 18.0 Å². The van der Waals surface area contributed by atoms with Crippen LogP contribution in [-0.4, -0.2) is 27.5 Å². The molecule has 7 heteroatoms. The van der Waals surface area contributed by atoms with Crippen molar-refractivity contribution in [3.8, 4) is 5.75 Å². The SMILES string of the molecule is COc1ccc(S(=O)(=O)N[C@H](C)C(=O)Nc2c(C)cccc2C)cc1C. The smallest absolute Gasteiger partial charge is 0.242 e. The van der Waals surface area contributed by atoms with Gasteiger partial charge in [-0.15, -0.1) is 0 Å². The number of hydrogen-bond donors (Lipinski definition) is 2. The van der Waals surface area contributed by atoms with Crippen LogP contribution < -0.4 is 14.8 Å². The lowest BCUT2D eigenvalue weighted by molar-refractivity contribution is -0.117. The number of nitrogens with one attached hydrogen (secondary N) is 2. The molecule has 0 heterocycles. The van der Waals surface area contributed by atoms with E-state index in [1.165, 1.54) is 26.2 Å². The van der Waals surface area contributed by atoms with E-state index in [2.05, 4.69) is 10.0 Å². The van der Waals surface area contributed by atoms with E-state index < -0.39 is 22.0 Å². The number of hydrogen-bond acceptors (Lipinski definition) is 4. The van der Waals surface area contributed by atoms with Crippen molar-refractivity contribution in [3.63, 3.8) is 0 Å². The molecular weight excluding hydrogens is 352 g/mol. The summed E-state index contributed by atoms with van der Waals surface area (Å²) in [6.45, 7) is 7.04. The van der Waals surface area contributed by atoms with Crippen LogP contribution in [0.1, 0.15) is 23.6 Å². The summed E-state index contributed by atoms with van der Waals surface area (Å²) in [5.74, 6) is 0.181. The van der Waals surface area contributed by atoms with Crippen molar-refractivity contribution >= 4 is 21.6 Å². The van der Waals surface area contributed by atoms with Gasteiger partial charge in [0.15, 0.2) is 0 Å². The first kappa shape index (κ1) is 19.9. The van der Waals surface area contributed by atoms with E-state index in [0.717, 1.165) is 11.1 Å². The lowest BCUT2D eigenvalue weighted by Crippen LogP contribution is -2.41. The van der Waals surface area contributed by atoms with Crippen LogP contribution in [0.15, 0.2) is 41.3 Å². The molecule has 1 atom stereocenters. The molecule has 0 saturated carbocycles. The summed E-state index contributed by atoms with van der Waals surface area (Å²) in [7, 11) is -2.31. The minimum atomic E-state index is -3.83. The number of carbonyl (C=O) groups excluding carboxylic acids is 1. The van der Waals surface area contributed by atoms with Gasteiger partial charge in [-0.2, -0.15) is 4.72 Å². The van der Waals surface area contributed by atoms with Crippen LogP contribution in [0.4, 0.5) is 5.69 Å². The third kappa shape index (κ3) is 4.42. The van der Waals surface area contributed by atoms with Crippen LogP contribution in [-0.2, 0) is 14.8 Å². The third-order valence-electron chi connectivity index (χ3n) is 4.13. The van der Waals surface area contributed by atoms with Gasteiger partial charge < -0.3 is 10.1 Å². The molecule has 140 valence electrons. The molecule has 0 aliphatic carbocycles. The van der Waals surface area contributed by atoms with Crippen molar-refractivity contribution in [1.29, 1.82) is 0 Å². The highest BCUT2D eigenvalue weighted by molar-refractivity contribution is 7.89. The molecule has 0 bridgehead atoms. The molecule has 0 aromatic heterocycles. The maximum Gasteiger partial charge on any atom is 0.242 e. The molecule has 2 rings (SSSR count). The average Bonchev–Trinajstić information content (AvgIpc) is 2.57. The van der Waals surface area contributed by atoms with Crippen molar-refractivity contribution in [2.45, 2.75) is 38.6 Å². The fourth-order valence-corrected chi connectivity index (χ4v) is 3.90. The second-order valence-corrected chi connectivity index (χ2v) is 7.94. The number of benzene rings is 2. The molecule has 0 aliphatic rings. The molecule has 0 radical (unpaired) electrons. The summed E-state index contributed by atoms with van der Waals surface area (Å²) in [6, 6.07) is 9.29. The van der Waals surface area contributed by atoms with E-state index in [1.54, 1.807) is 13.0 Å². The maximum atomic E-state index is 12.6. The summed E-state index contributed by atoms with van der Waals surface area (Å²) >= 11 is 0. The maximum absolute atomic E-state index is 12.6. The summed E-state index contributed by atoms with van der Waals surface area (Å²) in [6.07, 6.45) is 0. The van der Waals surface area contributed by atoms with Crippen molar-refractivity contribution in [3.05, 3.63) is 53.1 Å². The lowest BCUT2D eigenvalue weighted by Gasteiger charge is -2.17. The number of carbonyl (C=O) groups is 1. The number of amides is 1. The Morgan fingerprint density at radius 1 is 1.04 bits per heavy atom. The molecule has 0 unspecified atom stereocenters. The van der Waals surface area contributed by atoms with E-state index in [0.29, 0.717) is 17.0 Å². The summed E-state index contributed by atoms with van der Waals surface area (Å²) in [5, 5.41) is 2.80. The van der Waals surface area contributed by atoms with Crippen LogP contribution >= 0.6 is 0 Å². The van der Waals surface area contributed by atoms with E-state index in [9.17, 15) is 13.2 Å². The van der Waals surface area contributed by atoms with Gasteiger partial charge in [-0.05, 0) is 62.6 Å². The molecular formula is C19H24N2O4S. The van der Waals surface area contributed by atoms with E-state index in [1.807, 2.05) is 32.0 Å². The van der Waals surface area contributed by atoms with Gasteiger partial charge in [0, 0.05) is 5.69 Å². The number of methoxy groups -OCH3 is 1. The Morgan fingerprint density at radius 3 is 2.19 bits per heavy atom. The topological polar surface area (TPSA) is 84.5 Å². The zero-order valence-electron chi connectivity index (χ0n) is 15.6. The first-order chi connectivity index (χ1) is 12.2. The van der Waals surface area contributed by atoms with Gasteiger partial charge in [-0.3, -0.25) is 4.79 Å². The van der Waals surface area contributed by atoms with Crippen molar-refractivity contribution < 1.29 is 17.9 Å². The van der Waals surface area contributed by atoms with Gasteiger partial charge in [0.1, 0.15) is 5.75 Å². The first-order valence-corrected chi connectivity index (χ1v) is 9.68. The van der Waals surface area contributed by atoms with Gasteiger partial charge >= 0.3 is 0 Å². The van der Waals surface area contributed by atoms with Crippen LogP contribution in [0.5, 0.6) is 5.75 Å². The molecule has 2 N–H and O–H groups in total. The lowest BCUT2D eigenvalue weighted by atomic mass is 10.1. The largest absolute Gasteiger partial charge is 0.496 e. The van der Waals surface area contributed by atoms with Crippen molar-refractivity contribution in [1.82, 2.24) is 4.72 Å². The van der Waals surface area contributed by atoms with Crippen LogP contribution in [0.3, 0.4) is 0 Å². The van der Waals surface area contributed by atoms with Gasteiger partial charge in [0.2, 0.25) is 15.9 Å². The first-order valence-electron chi connectivity index (χ1n) is 8.19. The molecule has 0 spiro atoms. The Morgan fingerprint density at radius 2 is 1.65 bits per heavy atom. The predicted octanol–water partition coefficient (Wildman–Crippen LogP) is 2.93. The quantitative estimate of drug-likeness (QED) is 0.812. The standard InChI is InChI=1S/C19H24N2O4S/c1-12-7-6-8-13(2)18(12)20-19(22)15(4)21-26(23,24)16-9-10-17(25-5)14(3)11-16/h6-11,15,21H,1-5H3,(H,20,22)/t15-/m1/s1. The minimum absolute atomic E-state index is 0.0857. The Hall–Kier alpha value is -2.38.